The van der Waals surface area contributed by atoms with Gasteiger partial charge in [-0.2, -0.15) is 5.10 Å². The number of hydrogen-bond acceptors (Lipinski definition) is 5. The van der Waals surface area contributed by atoms with Gasteiger partial charge in [0.1, 0.15) is 0 Å². The van der Waals surface area contributed by atoms with E-state index in [1.54, 1.807) is 12.1 Å². The third kappa shape index (κ3) is 3.43. The predicted octanol–water partition coefficient (Wildman–Crippen LogP) is 1.20. The van der Waals surface area contributed by atoms with Crippen LogP contribution in [0.3, 0.4) is 0 Å². The summed E-state index contributed by atoms with van der Waals surface area (Å²) in [6, 6.07) is 6.91. The number of carbonyl (C=O) groups excluding carboxylic acids is 1. The Kier molecular flexibility index (Phi) is 4.89. The van der Waals surface area contributed by atoms with Crippen LogP contribution >= 0.6 is 0 Å². The van der Waals surface area contributed by atoms with Gasteiger partial charge in [0.05, 0.1) is 5.52 Å². The van der Waals surface area contributed by atoms with E-state index in [0.29, 0.717) is 23.5 Å². The molecule has 134 valence electrons. The number of nitrogens with two attached hydrogens (primary N) is 1. The molecule has 0 aliphatic carbocycles. The monoisotopic (exact) mass is 345 g/mol. The summed E-state index contributed by atoms with van der Waals surface area (Å²) in [4.78, 5) is 23.4. The Balaban J connectivity index is 0.000000569. The lowest BCUT2D eigenvalue weighted by Crippen LogP contribution is -2.48. The molecule has 2 bridgehead atoms. The standard InChI is InChI=1S/C16H21N5O.CH2O2/c1-21-11-3-4-12(21)8-10(7-11)18-16(22)15-13-6-9(17)2-5-14(13)19-20-15;2-1-3/h2,5-6,10-12H,3-4,7-8,17H2,1H3,(H,18,22)(H,19,20);1H,(H,2,3). The molecule has 4 rings (SSSR count). The van der Waals surface area contributed by atoms with E-state index < -0.39 is 0 Å². The minimum absolute atomic E-state index is 0.106. The summed E-state index contributed by atoms with van der Waals surface area (Å²) < 4.78 is 0. The van der Waals surface area contributed by atoms with E-state index in [1.807, 2.05) is 6.07 Å². The van der Waals surface area contributed by atoms with Crippen LogP contribution < -0.4 is 11.1 Å². The van der Waals surface area contributed by atoms with E-state index in [0.717, 1.165) is 23.7 Å². The van der Waals surface area contributed by atoms with Gasteiger partial charge in [0.2, 0.25) is 0 Å². The number of carbonyl (C=O) groups is 2. The summed E-state index contributed by atoms with van der Waals surface area (Å²) in [5, 5.41) is 17.9. The summed E-state index contributed by atoms with van der Waals surface area (Å²) in [5.41, 5.74) is 7.73. The van der Waals surface area contributed by atoms with Gasteiger partial charge < -0.3 is 21.1 Å². The Morgan fingerprint density at radius 3 is 2.68 bits per heavy atom. The molecule has 2 aliphatic rings. The van der Waals surface area contributed by atoms with Crippen molar-refractivity contribution >= 4 is 29.0 Å². The van der Waals surface area contributed by atoms with E-state index in [1.165, 1.54) is 12.8 Å². The van der Waals surface area contributed by atoms with Crippen molar-refractivity contribution in [2.45, 2.75) is 43.8 Å². The number of benzene rings is 1. The van der Waals surface area contributed by atoms with Crippen molar-refractivity contribution in [3.63, 3.8) is 0 Å². The van der Waals surface area contributed by atoms with Gasteiger partial charge in [-0.05, 0) is 50.9 Å². The fourth-order valence-corrected chi connectivity index (χ4v) is 3.99. The molecule has 0 radical (unpaired) electrons. The van der Waals surface area contributed by atoms with Crippen LogP contribution in [-0.4, -0.2) is 57.8 Å². The SMILES string of the molecule is CN1C2CCC1CC(NC(=O)c1n[nH]c3ccc(N)cc13)C2.O=CO. The van der Waals surface area contributed by atoms with Crippen molar-refractivity contribution in [3.05, 3.63) is 23.9 Å². The van der Waals surface area contributed by atoms with E-state index in [9.17, 15) is 4.79 Å². The summed E-state index contributed by atoms with van der Waals surface area (Å²) in [7, 11) is 2.20. The lowest BCUT2D eigenvalue weighted by molar-refractivity contribution is -0.122. The zero-order chi connectivity index (χ0) is 18.0. The van der Waals surface area contributed by atoms with Crippen molar-refractivity contribution in [3.8, 4) is 0 Å². The van der Waals surface area contributed by atoms with Crippen molar-refractivity contribution in [1.82, 2.24) is 20.4 Å². The smallest absolute Gasteiger partial charge is 0.290 e. The Morgan fingerprint density at radius 1 is 1.40 bits per heavy atom. The van der Waals surface area contributed by atoms with Crippen LogP contribution in [0.2, 0.25) is 0 Å². The number of aromatic amines is 1. The van der Waals surface area contributed by atoms with Crippen LogP contribution in [0.4, 0.5) is 5.69 Å². The number of carboxylic acid groups (broad SMARTS) is 1. The van der Waals surface area contributed by atoms with Crippen LogP contribution in [0.25, 0.3) is 10.9 Å². The van der Waals surface area contributed by atoms with Crippen molar-refractivity contribution in [1.29, 1.82) is 0 Å². The summed E-state index contributed by atoms with van der Waals surface area (Å²) >= 11 is 0. The molecule has 8 heteroatoms. The maximum absolute atomic E-state index is 12.6. The Labute approximate surface area is 145 Å². The average Bonchev–Trinajstić information content (AvgIpc) is 3.05. The second-order valence-corrected chi connectivity index (χ2v) is 6.67. The van der Waals surface area contributed by atoms with Gasteiger partial charge in [-0.1, -0.05) is 0 Å². The fraction of sp³-hybridized carbons (Fsp3) is 0.471. The highest BCUT2D eigenvalue weighted by Gasteiger charge is 2.39. The van der Waals surface area contributed by atoms with Gasteiger partial charge in [-0.15, -0.1) is 0 Å². The maximum atomic E-state index is 12.6. The lowest BCUT2D eigenvalue weighted by Gasteiger charge is -2.36. The molecule has 2 aliphatic heterocycles. The Hall–Kier alpha value is -2.61. The van der Waals surface area contributed by atoms with Crippen LogP contribution in [-0.2, 0) is 4.79 Å². The zero-order valence-electron chi connectivity index (χ0n) is 14.1. The number of fused-ring (bicyclic) bond motifs is 3. The van der Waals surface area contributed by atoms with Crippen LogP contribution in [0, 0.1) is 0 Å². The normalized spacial score (nSPS) is 25.2. The molecule has 8 nitrogen and oxygen atoms in total. The third-order valence-corrected chi connectivity index (χ3v) is 5.24. The first-order valence-electron chi connectivity index (χ1n) is 8.37. The zero-order valence-corrected chi connectivity index (χ0v) is 14.1. The minimum atomic E-state index is -0.250. The molecule has 0 saturated carbocycles. The number of nitrogens with one attached hydrogen (secondary N) is 2. The quantitative estimate of drug-likeness (QED) is 0.479. The minimum Gasteiger partial charge on any atom is -0.483 e. The number of hydrogen-bond donors (Lipinski definition) is 4. The maximum Gasteiger partial charge on any atom is 0.290 e. The van der Waals surface area contributed by atoms with E-state index in [2.05, 4.69) is 27.5 Å². The van der Waals surface area contributed by atoms with Gasteiger partial charge >= 0.3 is 0 Å². The molecule has 2 saturated heterocycles. The lowest BCUT2D eigenvalue weighted by atomic mass is 9.98. The first-order valence-corrected chi connectivity index (χ1v) is 8.37. The molecule has 25 heavy (non-hydrogen) atoms. The van der Waals surface area contributed by atoms with E-state index in [4.69, 9.17) is 15.6 Å². The molecule has 5 N–H and O–H groups in total. The number of rotatable bonds is 2. The number of amides is 1. The molecular weight excluding hydrogens is 322 g/mol. The predicted molar refractivity (Wildman–Crippen MR) is 94.3 cm³/mol. The van der Waals surface area contributed by atoms with Gasteiger partial charge in [-0.25, -0.2) is 0 Å². The fourth-order valence-electron chi connectivity index (χ4n) is 3.99. The van der Waals surface area contributed by atoms with Gasteiger partial charge in [0, 0.05) is 29.2 Å². The number of nitrogens with zero attached hydrogens (tertiary/aromatic N) is 2. The molecule has 2 unspecified atom stereocenters. The summed E-state index contributed by atoms with van der Waals surface area (Å²) in [6.07, 6.45) is 4.55. The molecule has 2 aromatic rings. The third-order valence-electron chi connectivity index (χ3n) is 5.24. The van der Waals surface area contributed by atoms with Crippen LogP contribution in [0.1, 0.15) is 36.2 Å². The van der Waals surface area contributed by atoms with Crippen LogP contribution in [0.5, 0.6) is 0 Å². The number of aromatic nitrogens is 2. The highest BCUT2D eigenvalue weighted by atomic mass is 16.3. The molecule has 3 heterocycles. The Morgan fingerprint density at radius 2 is 2.04 bits per heavy atom. The van der Waals surface area contributed by atoms with Crippen molar-refractivity contribution in [2.24, 2.45) is 0 Å². The van der Waals surface area contributed by atoms with Gasteiger partial charge in [0.15, 0.2) is 5.69 Å². The number of anilines is 1. The second-order valence-electron chi connectivity index (χ2n) is 6.67. The molecule has 1 amide bonds. The number of nitrogen functional groups attached to an aromatic ring is 1. The van der Waals surface area contributed by atoms with E-state index >= 15 is 0 Å². The van der Waals surface area contributed by atoms with Crippen molar-refractivity contribution < 1.29 is 14.7 Å². The molecule has 1 aromatic carbocycles. The Bertz CT molecular complexity index is 761. The molecular formula is C17H23N5O3. The average molecular weight is 345 g/mol. The topological polar surface area (TPSA) is 124 Å². The molecule has 2 fully saturated rings. The summed E-state index contributed by atoms with van der Waals surface area (Å²) in [6.45, 7) is -0.250. The first-order chi connectivity index (χ1) is 12.0. The molecule has 2 atom stereocenters. The first kappa shape index (κ1) is 17.2. The number of H-pyrrole nitrogens is 1. The second kappa shape index (κ2) is 7.10. The van der Waals surface area contributed by atoms with Crippen molar-refractivity contribution in [2.75, 3.05) is 12.8 Å². The highest BCUT2D eigenvalue weighted by Crippen LogP contribution is 2.34. The molecule has 0 spiro atoms. The molecule has 1 aromatic heterocycles. The van der Waals surface area contributed by atoms with Crippen LogP contribution in [0.15, 0.2) is 18.2 Å². The van der Waals surface area contributed by atoms with Gasteiger partial charge in [0.25, 0.3) is 12.4 Å². The van der Waals surface area contributed by atoms with E-state index in [-0.39, 0.29) is 18.4 Å². The largest absolute Gasteiger partial charge is 0.483 e. The highest BCUT2D eigenvalue weighted by molar-refractivity contribution is 6.05. The van der Waals surface area contributed by atoms with Gasteiger partial charge in [-0.3, -0.25) is 14.7 Å². The summed E-state index contributed by atoms with van der Waals surface area (Å²) in [5.74, 6) is -0.106. The number of piperidine rings is 1.